The van der Waals surface area contributed by atoms with E-state index < -0.39 is 0 Å². The molecule has 2 aliphatic rings. The van der Waals surface area contributed by atoms with Crippen molar-refractivity contribution in [3.8, 4) is 0 Å². The molecule has 2 fully saturated rings. The standard InChI is InChI=1S/C24H31N7O/c1-19(2)27-10-14-29(15-11-27)23(32)20-4-5-21-6-7-22(31(21)18-20)28-12-16-30(17-13-28)24-25-8-3-9-26-24/h3-9,18-19H,10-17H2,1-2H3. The molecule has 8 nitrogen and oxygen atoms in total. The minimum atomic E-state index is 0.126. The first kappa shape index (κ1) is 20.8. The minimum Gasteiger partial charge on any atom is -0.354 e. The number of anilines is 2. The van der Waals surface area contributed by atoms with E-state index in [4.69, 9.17) is 0 Å². The first-order chi connectivity index (χ1) is 15.6. The van der Waals surface area contributed by atoms with Gasteiger partial charge in [0, 0.05) is 82.5 Å². The van der Waals surface area contributed by atoms with E-state index in [1.165, 1.54) is 0 Å². The van der Waals surface area contributed by atoms with E-state index in [0.29, 0.717) is 6.04 Å². The molecule has 0 unspecified atom stereocenters. The molecule has 32 heavy (non-hydrogen) atoms. The summed E-state index contributed by atoms with van der Waals surface area (Å²) in [5, 5.41) is 0. The van der Waals surface area contributed by atoms with Gasteiger partial charge in [-0.15, -0.1) is 0 Å². The molecule has 1 amide bonds. The second-order valence-corrected chi connectivity index (χ2v) is 8.85. The number of aromatic nitrogens is 3. The van der Waals surface area contributed by atoms with Gasteiger partial charge in [-0.3, -0.25) is 9.69 Å². The van der Waals surface area contributed by atoms with Crippen LogP contribution >= 0.6 is 0 Å². The topological polar surface area (TPSA) is 60.2 Å². The van der Waals surface area contributed by atoms with Gasteiger partial charge in [0.25, 0.3) is 5.91 Å². The molecule has 8 heteroatoms. The molecule has 3 aromatic heterocycles. The van der Waals surface area contributed by atoms with E-state index in [2.05, 4.69) is 61.1 Å². The smallest absolute Gasteiger partial charge is 0.255 e. The summed E-state index contributed by atoms with van der Waals surface area (Å²) in [5.74, 6) is 2.05. The van der Waals surface area contributed by atoms with Crippen molar-refractivity contribution in [1.82, 2.24) is 24.2 Å². The number of hydrogen-bond donors (Lipinski definition) is 0. The Morgan fingerprint density at radius 2 is 1.50 bits per heavy atom. The van der Waals surface area contributed by atoms with E-state index in [0.717, 1.165) is 75.2 Å². The van der Waals surface area contributed by atoms with Crippen molar-refractivity contribution < 1.29 is 4.79 Å². The molecule has 168 valence electrons. The van der Waals surface area contributed by atoms with Gasteiger partial charge in [0.1, 0.15) is 5.82 Å². The van der Waals surface area contributed by atoms with Crippen LogP contribution < -0.4 is 9.80 Å². The van der Waals surface area contributed by atoms with Crippen LogP contribution in [-0.2, 0) is 0 Å². The Morgan fingerprint density at radius 1 is 0.844 bits per heavy atom. The summed E-state index contributed by atoms with van der Waals surface area (Å²) < 4.78 is 2.16. The number of nitrogens with zero attached hydrogens (tertiary/aromatic N) is 7. The monoisotopic (exact) mass is 433 g/mol. The van der Waals surface area contributed by atoms with E-state index in [1.807, 2.05) is 23.2 Å². The lowest BCUT2D eigenvalue weighted by molar-refractivity contribution is 0.0595. The van der Waals surface area contributed by atoms with Gasteiger partial charge in [0.15, 0.2) is 0 Å². The number of piperazine rings is 2. The third kappa shape index (κ3) is 4.02. The maximum absolute atomic E-state index is 13.2. The molecule has 2 aliphatic heterocycles. The third-order valence-corrected chi connectivity index (χ3v) is 6.65. The fourth-order valence-corrected chi connectivity index (χ4v) is 4.68. The van der Waals surface area contributed by atoms with Crippen molar-refractivity contribution in [3.63, 3.8) is 0 Å². The summed E-state index contributed by atoms with van der Waals surface area (Å²) in [6.45, 7) is 11.4. The fourth-order valence-electron chi connectivity index (χ4n) is 4.68. The molecule has 0 aromatic carbocycles. The first-order valence-corrected chi connectivity index (χ1v) is 11.5. The highest BCUT2D eigenvalue weighted by atomic mass is 16.2. The molecular weight excluding hydrogens is 402 g/mol. The SMILES string of the molecule is CC(C)N1CCN(C(=O)c2ccc3ccc(N4CCN(c5ncccn5)CC4)n3c2)CC1. The van der Waals surface area contributed by atoms with Gasteiger partial charge in [-0.1, -0.05) is 0 Å². The minimum absolute atomic E-state index is 0.126. The zero-order valence-electron chi connectivity index (χ0n) is 18.9. The predicted octanol–water partition coefficient (Wildman–Crippen LogP) is 2.22. The molecule has 3 aromatic rings. The zero-order chi connectivity index (χ0) is 22.1. The second kappa shape index (κ2) is 8.78. The fraction of sp³-hybridized carbons (Fsp3) is 0.458. The quantitative estimate of drug-likeness (QED) is 0.629. The van der Waals surface area contributed by atoms with E-state index in [1.54, 1.807) is 12.4 Å². The van der Waals surface area contributed by atoms with Gasteiger partial charge in [0.05, 0.1) is 5.56 Å². The van der Waals surface area contributed by atoms with Crippen LogP contribution in [0.4, 0.5) is 11.8 Å². The summed E-state index contributed by atoms with van der Waals surface area (Å²) in [4.78, 5) is 31.0. The predicted molar refractivity (Wildman–Crippen MR) is 126 cm³/mol. The largest absolute Gasteiger partial charge is 0.354 e. The average molecular weight is 434 g/mol. The van der Waals surface area contributed by atoms with E-state index >= 15 is 0 Å². The first-order valence-electron chi connectivity index (χ1n) is 11.5. The van der Waals surface area contributed by atoms with Crippen molar-refractivity contribution in [2.75, 3.05) is 62.2 Å². The summed E-state index contributed by atoms with van der Waals surface area (Å²) in [6.07, 6.45) is 5.58. The Kier molecular flexibility index (Phi) is 5.70. The Bertz CT molecular complexity index is 1060. The number of rotatable bonds is 4. The Balaban J connectivity index is 1.30. The lowest BCUT2D eigenvalue weighted by Gasteiger charge is -2.37. The number of fused-ring (bicyclic) bond motifs is 1. The van der Waals surface area contributed by atoms with Crippen molar-refractivity contribution >= 4 is 23.2 Å². The van der Waals surface area contributed by atoms with Crippen LogP contribution in [0.1, 0.15) is 24.2 Å². The Morgan fingerprint density at radius 3 is 2.19 bits per heavy atom. The summed E-state index contributed by atoms with van der Waals surface area (Å²) in [7, 11) is 0. The summed E-state index contributed by atoms with van der Waals surface area (Å²) in [5.41, 5.74) is 1.86. The number of carbonyl (C=O) groups excluding carboxylic acids is 1. The normalized spacial score (nSPS) is 18.0. The molecule has 0 saturated carbocycles. The second-order valence-electron chi connectivity index (χ2n) is 8.85. The maximum atomic E-state index is 13.2. The van der Waals surface area contributed by atoms with Gasteiger partial charge in [-0.2, -0.15) is 0 Å². The average Bonchev–Trinajstić information content (AvgIpc) is 3.27. The van der Waals surface area contributed by atoms with Gasteiger partial charge < -0.3 is 19.1 Å². The lowest BCUT2D eigenvalue weighted by atomic mass is 10.2. The Labute approximate surface area is 189 Å². The molecule has 0 spiro atoms. The number of hydrogen-bond acceptors (Lipinski definition) is 6. The molecule has 0 bridgehead atoms. The highest BCUT2D eigenvalue weighted by Gasteiger charge is 2.25. The highest BCUT2D eigenvalue weighted by Crippen LogP contribution is 2.23. The zero-order valence-corrected chi connectivity index (χ0v) is 18.9. The molecule has 0 atom stereocenters. The van der Waals surface area contributed by atoms with Gasteiger partial charge in [0.2, 0.25) is 5.95 Å². The van der Waals surface area contributed by atoms with Crippen LogP contribution in [-0.4, -0.2) is 88.5 Å². The molecule has 5 heterocycles. The van der Waals surface area contributed by atoms with Crippen LogP contribution in [0.25, 0.3) is 5.52 Å². The number of carbonyl (C=O) groups is 1. The molecule has 5 rings (SSSR count). The van der Waals surface area contributed by atoms with Crippen molar-refractivity contribution in [3.05, 3.63) is 54.5 Å². The Hall–Kier alpha value is -3.13. The number of amides is 1. The van der Waals surface area contributed by atoms with Gasteiger partial charge in [-0.05, 0) is 44.2 Å². The lowest BCUT2D eigenvalue weighted by Crippen LogP contribution is -2.50. The van der Waals surface area contributed by atoms with Gasteiger partial charge in [-0.25, -0.2) is 9.97 Å². The molecule has 0 aliphatic carbocycles. The molecule has 0 N–H and O–H groups in total. The van der Waals surface area contributed by atoms with Crippen molar-refractivity contribution in [2.45, 2.75) is 19.9 Å². The van der Waals surface area contributed by atoms with E-state index in [9.17, 15) is 4.79 Å². The summed E-state index contributed by atoms with van der Waals surface area (Å²) in [6, 6.07) is 10.7. The van der Waals surface area contributed by atoms with Crippen molar-refractivity contribution in [1.29, 1.82) is 0 Å². The molecule has 2 saturated heterocycles. The molecule has 0 radical (unpaired) electrons. The van der Waals surface area contributed by atoms with Crippen LogP contribution in [0, 0.1) is 0 Å². The third-order valence-electron chi connectivity index (χ3n) is 6.65. The van der Waals surface area contributed by atoms with Crippen LogP contribution in [0.2, 0.25) is 0 Å². The van der Waals surface area contributed by atoms with Crippen LogP contribution in [0.5, 0.6) is 0 Å². The van der Waals surface area contributed by atoms with Crippen LogP contribution in [0.3, 0.4) is 0 Å². The van der Waals surface area contributed by atoms with Gasteiger partial charge >= 0.3 is 0 Å². The van der Waals surface area contributed by atoms with Crippen molar-refractivity contribution in [2.24, 2.45) is 0 Å². The number of pyridine rings is 1. The molecular formula is C24H31N7O. The maximum Gasteiger partial charge on any atom is 0.255 e. The highest BCUT2D eigenvalue weighted by molar-refractivity contribution is 5.94. The van der Waals surface area contributed by atoms with E-state index in [-0.39, 0.29) is 5.91 Å². The summed E-state index contributed by atoms with van der Waals surface area (Å²) >= 11 is 0. The van der Waals surface area contributed by atoms with Crippen LogP contribution in [0.15, 0.2) is 48.9 Å².